The number of carbonyl (C=O) groups excluding carboxylic acids is 2. The summed E-state index contributed by atoms with van der Waals surface area (Å²) in [4.78, 5) is 36.6. The molecule has 0 radical (unpaired) electrons. The maximum Gasteiger partial charge on any atom is 0.340 e. The number of benzene rings is 2. The molecule has 3 aromatic rings. The van der Waals surface area contributed by atoms with Crippen LogP contribution in [0.15, 0.2) is 51.7 Å². The third-order valence-corrected chi connectivity index (χ3v) is 4.93. The van der Waals surface area contributed by atoms with Crippen molar-refractivity contribution in [1.29, 1.82) is 0 Å². The third-order valence-electron chi connectivity index (χ3n) is 4.93. The predicted molar refractivity (Wildman–Crippen MR) is 109 cm³/mol. The van der Waals surface area contributed by atoms with Crippen molar-refractivity contribution in [3.63, 3.8) is 0 Å². The number of methoxy groups -OCH3 is 1. The lowest BCUT2D eigenvalue weighted by Crippen LogP contribution is -2.24. The molecule has 1 aromatic heterocycles. The van der Waals surface area contributed by atoms with Gasteiger partial charge in [-0.2, -0.15) is 0 Å². The molecule has 1 atom stereocenters. The van der Waals surface area contributed by atoms with Crippen LogP contribution in [0.25, 0.3) is 11.0 Å². The minimum Gasteiger partial charge on any atom is -0.482 e. The molecule has 1 heterocycles. The van der Waals surface area contributed by atoms with Crippen LogP contribution in [0.4, 0.5) is 0 Å². The number of Topliss-reactive ketones (excluding diaryl/α,β-unsaturated/α-hetero) is 1. The first-order valence-electron chi connectivity index (χ1n) is 9.22. The molecule has 0 aliphatic heterocycles. The van der Waals surface area contributed by atoms with E-state index in [1.54, 1.807) is 57.2 Å². The van der Waals surface area contributed by atoms with Gasteiger partial charge in [-0.25, -0.2) is 4.79 Å². The number of aryl methyl sites for hydroxylation is 2. The van der Waals surface area contributed by atoms with Crippen molar-refractivity contribution < 1.29 is 23.5 Å². The lowest BCUT2D eigenvalue weighted by atomic mass is 10.0. The summed E-state index contributed by atoms with van der Waals surface area (Å²) < 4.78 is 16.0. The van der Waals surface area contributed by atoms with Crippen molar-refractivity contribution in [2.75, 3.05) is 7.11 Å². The van der Waals surface area contributed by atoms with Gasteiger partial charge in [-0.05, 0) is 38.5 Å². The minimum atomic E-state index is -0.708. The number of hydrogen-bond donors (Lipinski definition) is 0. The second kappa shape index (κ2) is 8.31. The van der Waals surface area contributed by atoms with Gasteiger partial charge < -0.3 is 13.9 Å². The number of ether oxygens (including phenoxy) is 2. The minimum absolute atomic E-state index is 0.142. The lowest BCUT2D eigenvalue weighted by molar-refractivity contribution is -0.139. The smallest absolute Gasteiger partial charge is 0.340 e. The molecule has 0 saturated heterocycles. The molecular formula is C23H22O6. The summed E-state index contributed by atoms with van der Waals surface area (Å²) in [6, 6.07) is 12.4. The molecule has 0 aliphatic carbocycles. The fourth-order valence-corrected chi connectivity index (χ4v) is 3.20. The Morgan fingerprint density at radius 1 is 1.03 bits per heavy atom. The van der Waals surface area contributed by atoms with E-state index >= 15 is 0 Å². The Bertz CT molecular complexity index is 1130. The SMILES string of the molecule is COC(=O)Cc1c(C)c2ccc(O[C@@H](C)C(=O)c3ccccc3)c(C)c2oc1=O. The topological polar surface area (TPSA) is 82.8 Å². The van der Waals surface area contributed by atoms with Gasteiger partial charge in [0.25, 0.3) is 0 Å². The Morgan fingerprint density at radius 3 is 2.38 bits per heavy atom. The molecule has 0 spiro atoms. The molecule has 0 aliphatic rings. The maximum atomic E-state index is 12.6. The molecule has 0 bridgehead atoms. The summed E-state index contributed by atoms with van der Waals surface area (Å²) in [5.41, 5.74) is 1.88. The summed E-state index contributed by atoms with van der Waals surface area (Å²) in [6.07, 6.45) is -0.861. The molecule has 0 N–H and O–H groups in total. The number of carbonyl (C=O) groups is 2. The summed E-state index contributed by atoms with van der Waals surface area (Å²) in [7, 11) is 1.27. The van der Waals surface area contributed by atoms with Crippen LogP contribution < -0.4 is 10.4 Å². The average Bonchev–Trinajstić information content (AvgIpc) is 2.73. The van der Waals surface area contributed by atoms with E-state index < -0.39 is 17.7 Å². The van der Waals surface area contributed by atoms with E-state index in [4.69, 9.17) is 9.15 Å². The Kier molecular flexibility index (Phi) is 5.82. The summed E-state index contributed by atoms with van der Waals surface area (Å²) >= 11 is 0. The maximum absolute atomic E-state index is 12.6. The van der Waals surface area contributed by atoms with Gasteiger partial charge in [0, 0.05) is 16.5 Å². The second-order valence-corrected chi connectivity index (χ2v) is 6.80. The zero-order chi connectivity index (χ0) is 21.1. The van der Waals surface area contributed by atoms with E-state index in [-0.39, 0.29) is 17.8 Å². The van der Waals surface area contributed by atoms with Crippen LogP contribution in [0.1, 0.15) is 34.0 Å². The quantitative estimate of drug-likeness (QED) is 0.359. The van der Waals surface area contributed by atoms with Gasteiger partial charge in [0.05, 0.1) is 19.1 Å². The van der Waals surface area contributed by atoms with Gasteiger partial charge in [0.1, 0.15) is 11.3 Å². The van der Waals surface area contributed by atoms with Crippen molar-refractivity contribution in [2.24, 2.45) is 0 Å². The zero-order valence-electron chi connectivity index (χ0n) is 16.8. The van der Waals surface area contributed by atoms with Gasteiger partial charge in [0.2, 0.25) is 5.78 Å². The van der Waals surface area contributed by atoms with Crippen LogP contribution in [-0.2, 0) is 16.0 Å². The normalized spacial score (nSPS) is 11.9. The average molecular weight is 394 g/mol. The molecule has 0 fully saturated rings. The fourth-order valence-electron chi connectivity index (χ4n) is 3.20. The number of rotatable bonds is 6. The van der Waals surface area contributed by atoms with Gasteiger partial charge in [-0.15, -0.1) is 0 Å². The second-order valence-electron chi connectivity index (χ2n) is 6.80. The number of hydrogen-bond acceptors (Lipinski definition) is 6. The molecule has 0 saturated carbocycles. The van der Waals surface area contributed by atoms with E-state index in [0.29, 0.717) is 33.4 Å². The molecule has 29 heavy (non-hydrogen) atoms. The Hall–Kier alpha value is -3.41. The third kappa shape index (κ3) is 4.06. The highest BCUT2D eigenvalue weighted by atomic mass is 16.5. The predicted octanol–water partition coefficient (Wildman–Crippen LogP) is 3.78. The van der Waals surface area contributed by atoms with Crippen molar-refractivity contribution in [3.05, 3.63) is 75.1 Å². The van der Waals surface area contributed by atoms with E-state index in [0.717, 1.165) is 0 Å². The lowest BCUT2D eigenvalue weighted by Gasteiger charge is -2.17. The molecule has 0 unspecified atom stereocenters. The van der Waals surface area contributed by atoms with Crippen LogP contribution >= 0.6 is 0 Å². The van der Waals surface area contributed by atoms with Crippen LogP contribution in [0.2, 0.25) is 0 Å². The first-order chi connectivity index (χ1) is 13.8. The molecule has 2 aromatic carbocycles. The van der Waals surface area contributed by atoms with Gasteiger partial charge in [-0.1, -0.05) is 30.3 Å². The fraction of sp³-hybridized carbons (Fsp3) is 0.261. The number of fused-ring (bicyclic) bond motifs is 1. The Morgan fingerprint density at radius 2 is 1.72 bits per heavy atom. The van der Waals surface area contributed by atoms with Gasteiger partial charge in [0.15, 0.2) is 6.10 Å². The summed E-state index contributed by atoms with van der Waals surface area (Å²) in [6.45, 7) is 5.21. The van der Waals surface area contributed by atoms with Gasteiger partial charge in [-0.3, -0.25) is 9.59 Å². The summed E-state index contributed by atoms with van der Waals surface area (Å²) in [5.74, 6) is -0.196. The zero-order valence-corrected chi connectivity index (χ0v) is 16.8. The molecule has 0 amide bonds. The molecule has 6 heteroatoms. The van der Waals surface area contributed by atoms with Crippen LogP contribution in [-0.4, -0.2) is 25.0 Å². The highest BCUT2D eigenvalue weighted by Gasteiger charge is 2.21. The van der Waals surface area contributed by atoms with Crippen molar-refractivity contribution in [2.45, 2.75) is 33.3 Å². The largest absolute Gasteiger partial charge is 0.482 e. The van der Waals surface area contributed by atoms with Crippen LogP contribution in [0.3, 0.4) is 0 Å². The van der Waals surface area contributed by atoms with Gasteiger partial charge >= 0.3 is 11.6 Å². The number of ketones is 1. The summed E-state index contributed by atoms with van der Waals surface area (Å²) in [5, 5.41) is 0.704. The highest BCUT2D eigenvalue weighted by molar-refractivity contribution is 5.99. The van der Waals surface area contributed by atoms with Crippen molar-refractivity contribution in [3.8, 4) is 5.75 Å². The van der Waals surface area contributed by atoms with Crippen LogP contribution in [0, 0.1) is 13.8 Å². The Balaban J connectivity index is 1.96. The van der Waals surface area contributed by atoms with E-state index in [2.05, 4.69) is 4.74 Å². The number of esters is 1. The highest BCUT2D eigenvalue weighted by Crippen LogP contribution is 2.30. The van der Waals surface area contributed by atoms with E-state index in [1.807, 2.05) is 6.07 Å². The molecule has 3 rings (SSSR count). The van der Waals surface area contributed by atoms with E-state index in [9.17, 15) is 14.4 Å². The Labute approximate surface area is 168 Å². The first-order valence-corrected chi connectivity index (χ1v) is 9.22. The molecule has 150 valence electrons. The standard InChI is InChI=1S/C23H22O6/c1-13-17-10-11-19(28-15(3)21(25)16-8-6-5-7-9-16)14(2)22(17)29-23(26)18(13)12-20(24)27-4/h5-11,15H,12H2,1-4H3/t15-/m0/s1. The molecule has 6 nitrogen and oxygen atoms in total. The van der Waals surface area contributed by atoms with Crippen LogP contribution in [0.5, 0.6) is 5.75 Å². The van der Waals surface area contributed by atoms with Crippen molar-refractivity contribution >= 4 is 22.7 Å². The van der Waals surface area contributed by atoms with E-state index in [1.165, 1.54) is 7.11 Å². The molecular weight excluding hydrogens is 372 g/mol. The monoisotopic (exact) mass is 394 g/mol. The van der Waals surface area contributed by atoms with Crippen molar-refractivity contribution in [1.82, 2.24) is 0 Å². The first kappa shape index (κ1) is 20.3.